The Morgan fingerprint density at radius 1 is 1.06 bits per heavy atom. The Hall–Kier alpha value is -1.31. The highest BCUT2D eigenvalue weighted by atomic mass is 16.1. The number of aryl methyl sites for hydroxylation is 2. The Labute approximate surface area is 104 Å². The van der Waals surface area contributed by atoms with E-state index in [1.54, 1.807) is 6.41 Å². The highest BCUT2D eigenvalue weighted by Crippen LogP contribution is 2.19. The molecular weight excluding hydrogens is 210 g/mol. The van der Waals surface area contributed by atoms with Crippen molar-refractivity contribution in [3.63, 3.8) is 0 Å². The Kier molecular flexibility index (Phi) is 5.75. The van der Waals surface area contributed by atoms with Crippen molar-refractivity contribution in [2.24, 2.45) is 0 Å². The van der Waals surface area contributed by atoms with Crippen molar-refractivity contribution in [1.29, 1.82) is 0 Å². The predicted molar refractivity (Wildman–Crippen MR) is 71.9 cm³/mol. The molecule has 0 atom stereocenters. The molecule has 0 saturated heterocycles. The molecule has 0 spiro atoms. The number of benzene rings is 1. The van der Waals surface area contributed by atoms with Gasteiger partial charge in [0.05, 0.1) is 0 Å². The van der Waals surface area contributed by atoms with Gasteiger partial charge < -0.3 is 5.32 Å². The molecule has 0 heterocycles. The first-order valence-corrected chi connectivity index (χ1v) is 6.32. The molecule has 0 saturated carbocycles. The third-order valence-electron chi connectivity index (χ3n) is 3.49. The van der Waals surface area contributed by atoms with E-state index in [1.807, 2.05) is 0 Å². The molecule has 93 valence electrons. The summed E-state index contributed by atoms with van der Waals surface area (Å²) >= 11 is 0. The minimum atomic E-state index is 0.745. The number of hydrogen-bond donors (Lipinski definition) is 1. The van der Waals surface area contributed by atoms with E-state index in [2.05, 4.69) is 38.2 Å². The van der Waals surface area contributed by atoms with Crippen LogP contribution in [0.25, 0.3) is 0 Å². The third-order valence-corrected chi connectivity index (χ3v) is 3.49. The lowest BCUT2D eigenvalue weighted by molar-refractivity contribution is 0.537. The number of carbonyl (C=O) groups excluding carboxylic acids is 1. The van der Waals surface area contributed by atoms with E-state index >= 15 is 0 Å². The van der Waals surface area contributed by atoms with Crippen molar-refractivity contribution < 1.29 is 4.79 Å². The quantitative estimate of drug-likeness (QED) is 0.568. The van der Waals surface area contributed by atoms with Crippen molar-refractivity contribution in [3.8, 4) is 0 Å². The highest BCUT2D eigenvalue weighted by Gasteiger charge is 2.03. The fourth-order valence-corrected chi connectivity index (χ4v) is 2.04. The van der Waals surface area contributed by atoms with Gasteiger partial charge in [0.2, 0.25) is 0 Å². The normalized spacial score (nSPS) is 10.3. The van der Waals surface area contributed by atoms with E-state index in [-0.39, 0.29) is 0 Å². The first kappa shape index (κ1) is 13.8. The van der Waals surface area contributed by atoms with Gasteiger partial charge in [0, 0.05) is 6.54 Å². The minimum absolute atomic E-state index is 0.745. The maximum atomic E-state index is 9.94. The molecule has 0 aliphatic rings. The second-order valence-electron chi connectivity index (χ2n) is 4.63. The van der Waals surface area contributed by atoms with Crippen LogP contribution in [0.1, 0.15) is 41.5 Å². The summed E-state index contributed by atoms with van der Waals surface area (Å²) in [6, 6.07) is 4.45. The minimum Gasteiger partial charge on any atom is -0.348 e. The SMILES string of the molecule is Cc1ccc(CCCCCN[C]=O)c(C)c1C. The van der Waals surface area contributed by atoms with Crippen LogP contribution in [0.5, 0.6) is 0 Å². The number of nitrogens with one attached hydrogen (secondary N) is 1. The Balaban J connectivity index is 2.37. The van der Waals surface area contributed by atoms with E-state index < -0.39 is 0 Å². The molecular formula is C15H22NO. The summed E-state index contributed by atoms with van der Waals surface area (Å²) in [5.41, 5.74) is 5.68. The van der Waals surface area contributed by atoms with Crippen LogP contribution in [0.2, 0.25) is 0 Å². The first-order valence-electron chi connectivity index (χ1n) is 6.32. The van der Waals surface area contributed by atoms with E-state index in [0.717, 1.165) is 25.8 Å². The summed E-state index contributed by atoms with van der Waals surface area (Å²) in [5.74, 6) is 0. The molecule has 0 aliphatic heterocycles. The molecule has 0 aliphatic carbocycles. The van der Waals surface area contributed by atoms with Gasteiger partial charge in [-0.25, -0.2) is 0 Å². The number of hydrogen-bond acceptors (Lipinski definition) is 1. The Morgan fingerprint density at radius 3 is 2.53 bits per heavy atom. The lowest BCUT2D eigenvalue weighted by Crippen LogP contribution is -2.11. The molecule has 1 aromatic carbocycles. The first-order chi connectivity index (χ1) is 8.16. The number of rotatable bonds is 7. The monoisotopic (exact) mass is 232 g/mol. The van der Waals surface area contributed by atoms with Gasteiger partial charge in [-0.05, 0) is 62.3 Å². The fourth-order valence-electron chi connectivity index (χ4n) is 2.04. The third kappa shape index (κ3) is 4.22. The van der Waals surface area contributed by atoms with Crippen LogP contribution in [0.3, 0.4) is 0 Å². The van der Waals surface area contributed by atoms with Gasteiger partial charge in [-0.2, -0.15) is 0 Å². The second kappa shape index (κ2) is 7.10. The summed E-state index contributed by atoms with van der Waals surface area (Å²) in [6.45, 7) is 7.31. The molecule has 1 rings (SSSR count). The fraction of sp³-hybridized carbons (Fsp3) is 0.533. The molecule has 17 heavy (non-hydrogen) atoms. The summed E-state index contributed by atoms with van der Waals surface area (Å²) in [4.78, 5) is 9.94. The maximum Gasteiger partial charge on any atom is 0.309 e. The lowest BCUT2D eigenvalue weighted by atomic mass is 9.95. The molecule has 1 radical (unpaired) electrons. The maximum absolute atomic E-state index is 9.94. The Morgan fingerprint density at radius 2 is 1.82 bits per heavy atom. The number of unbranched alkanes of at least 4 members (excludes halogenated alkanes) is 2. The largest absolute Gasteiger partial charge is 0.348 e. The molecule has 0 aromatic heterocycles. The van der Waals surface area contributed by atoms with Crippen LogP contribution < -0.4 is 5.32 Å². The van der Waals surface area contributed by atoms with Crippen molar-refractivity contribution in [1.82, 2.24) is 5.32 Å². The zero-order valence-corrected chi connectivity index (χ0v) is 11.1. The summed E-state index contributed by atoms with van der Waals surface area (Å²) in [6.07, 6.45) is 6.21. The smallest absolute Gasteiger partial charge is 0.309 e. The van der Waals surface area contributed by atoms with Crippen LogP contribution >= 0.6 is 0 Å². The molecule has 1 aromatic rings. The Bertz CT molecular complexity index is 371. The summed E-state index contributed by atoms with van der Waals surface area (Å²) < 4.78 is 0. The van der Waals surface area contributed by atoms with Crippen molar-refractivity contribution in [3.05, 3.63) is 34.4 Å². The summed E-state index contributed by atoms with van der Waals surface area (Å²) in [5, 5.41) is 2.57. The van der Waals surface area contributed by atoms with Gasteiger partial charge in [0.1, 0.15) is 0 Å². The highest BCUT2D eigenvalue weighted by molar-refractivity contribution is 5.46. The van der Waals surface area contributed by atoms with Crippen molar-refractivity contribution >= 4 is 6.41 Å². The average Bonchev–Trinajstić information content (AvgIpc) is 2.33. The molecule has 2 heteroatoms. The van der Waals surface area contributed by atoms with Crippen molar-refractivity contribution in [2.45, 2.75) is 46.5 Å². The van der Waals surface area contributed by atoms with Gasteiger partial charge >= 0.3 is 6.41 Å². The molecule has 0 fully saturated rings. The molecule has 1 amide bonds. The van der Waals surface area contributed by atoms with E-state index in [9.17, 15) is 4.79 Å². The zero-order chi connectivity index (χ0) is 12.7. The van der Waals surface area contributed by atoms with E-state index in [4.69, 9.17) is 0 Å². The van der Waals surface area contributed by atoms with Crippen LogP contribution in [-0.2, 0) is 11.2 Å². The van der Waals surface area contributed by atoms with Gasteiger partial charge in [0.25, 0.3) is 0 Å². The van der Waals surface area contributed by atoms with Crippen LogP contribution in [0, 0.1) is 20.8 Å². The molecule has 2 nitrogen and oxygen atoms in total. The van der Waals surface area contributed by atoms with Gasteiger partial charge in [-0.1, -0.05) is 18.6 Å². The van der Waals surface area contributed by atoms with Crippen molar-refractivity contribution in [2.75, 3.05) is 6.54 Å². The van der Waals surface area contributed by atoms with Crippen LogP contribution in [-0.4, -0.2) is 13.0 Å². The second-order valence-corrected chi connectivity index (χ2v) is 4.63. The van der Waals surface area contributed by atoms with Gasteiger partial charge in [0.15, 0.2) is 0 Å². The van der Waals surface area contributed by atoms with E-state index in [1.165, 1.54) is 28.7 Å². The standard InChI is InChI=1S/C15H22NO/c1-12-8-9-15(14(3)13(12)2)7-5-4-6-10-16-11-17/h8-9H,4-7,10H2,1-3H3,(H,16,17). The molecule has 0 unspecified atom stereocenters. The molecule has 0 bridgehead atoms. The summed E-state index contributed by atoms with van der Waals surface area (Å²) in [7, 11) is 0. The van der Waals surface area contributed by atoms with Crippen LogP contribution in [0.4, 0.5) is 0 Å². The van der Waals surface area contributed by atoms with Crippen LogP contribution in [0.15, 0.2) is 12.1 Å². The average molecular weight is 232 g/mol. The van der Waals surface area contributed by atoms with Gasteiger partial charge in [-0.15, -0.1) is 0 Å². The lowest BCUT2D eigenvalue weighted by Gasteiger charge is -2.11. The predicted octanol–water partition coefficient (Wildman–Crippen LogP) is 2.98. The van der Waals surface area contributed by atoms with E-state index in [0.29, 0.717) is 0 Å². The topological polar surface area (TPSA) is 29.1 Å². The molecule has 1 N–H and O–H groups in total. The number of amides is 1. The van der Waals surface area contributed by atoms with Gasteiger partial charge in [-0.3, -0.25) is 4.79 Å². The zero-order valence-electron chi connectivity index (χ0n) is 11.1.